The number of aryl methyl sites for hydroxylation is 1. The van der Waals surface area contributed by atoms with Crippen LogP contribution in [0.1, 0.15) is 27.9 Å². The monoisotopic (exact) mass is 413 g/mol. The molecule has 28 heavy (non-hydrogen) atoms. The Morgan fingerprint density at radius 3 is 2.57 bits per heavy atom. The number of nitrogens with one attached hydrogen (secondary N) is 2. The van der Waals surface area contributed by atoms with Gasteiger partial charge in [0.2, 0.25) is 10.0 Å². The van der Waals surface area contributed by atoms with Crippen molar-refractivity contribution in [2.45, 2.75) is 19.0 Å². The number of benzene rings is 2. The third-order valence-electron chi connectivity index (χ3n) is 4.33. The first-order valence-electron chi connectivity index (χ1n) is 8.40. The zero-order valence-electron chi connectivity index (χ0n) is 14.9. The highest BCUT2D eigenvalue weighted by Gasteiger charge is 2.30. The second-order valence-corrected chi connectivity index (χ2v) is 8.35. The number of halogens is 3. The van der Waals surface area contributed by atoms with Crippen LogP contribution in [0, 0.1) is 0 Å². The van der Waals surface area contributed by atoms with Gasteiger partial charge in [0.15, 0.2) is 0 Å². The second-order valence-electron chi connectivity index (χ2n) is 6.44. The van der Waals surface area contributed by atoms with Crippen molar-refractivity contribution in [3.05, 3.63) is 59.2 Å². The number of amides is 1. The molecule has 0 saturated carbocycles. The fraction of sp³-hybridized carbons (Fsp3) is 0.278. The summed E-state index contributed by atoms with van der Waals surface area (Å²) in [7, 11) is -3.41. The van der Waals surface area contributed by atoms with E-state index in [0.717, 1.165) is 24.0 Å². The molecule has 0 fully saturated rings. The van der Waals surface area contributed by atoms with Gasteiger partial charge in [0.05, 0.1) is 23.2 Å². The van der Waals surface area contributed by atoms with Crippen molar-refractivity contribution in [1.29, 1.82) is 0 Å². The Morgan fingerprint density at radius 2 is 1.89 bits per heavy atom. The molecule has 150 valence electrons. The molecule has 0 spiro atoms. The number of hydrogen-bond donors (Lipinski definition) is 2. The lowest BCUT2D eigenvalue weighted by Crippen LogP contribution is -2.35. The third kappa shape index (κ3) is 4.38. The largest absolute Gasteiger partial charge is 0.416 e. The van der Waals surface area contributed by atoms with E-state index in [-0.39, 0.29) is 11.3 Å². The van der Waals surface area contributed by atoms with Crippen LogP contribution < -0.4 is 15.2 Å². The molecule has 1 aliphatic rings. The highest BCUT2D eigenvalue weighted by Crippen LogP contribution is 2.31. The number of carbonyl (C=O) groups excluding carboxylic acids is 1. The number of nitrogens with zero attached hydrogens (tertiary/aromatic N) is 1. The standard InChI is InChI=1S/C18H18F3N3O3S/c1-28(26,27)24-9-3-4-12-10-13(7-8-16(12)24)17(25)23-22-15-6-2-5-14(11-15)18(19,20)21/h2,5-8,10-11,22H,3-4,9H2,1H3,(H,23,25). The smallest absolute Gasteiger partial charge is 0.298 e. The predicted octanol–water partition coefficient (Wildman–Crippen LogP) is 3.17. The molecular formula is C18H18F3N3O3S. The van der Waals surface area contributed by atoms with Gasteiger partial charge in [0.25, 0.3) is 5.91 Å². The van der Waals surface area contributed by atoms with Crippen LogP contribution in [0.5, 0.6) is 0 Å². The molecule has 6 nitrogen and oxygen atoms in total. The average molecular weight is 413 g/mol. The Balaban J connectivity index is 1.74. The fourth-order valence-corrected chi connectivity index (χ4v) is 4.02. The molecule has 0 radical (unpaired) electrons. The average Bonchev–Trinajstić information content (AvgIpc) is 2.64. The Morgan fingerprint density at radius 1 is 1.14 bits per heavy atom. The number of anilines is 2. The van der Waals surface area contributed by atoms with Gasteiger partial charge in [-0.2, -0.15) is 13.2 Å². The number of carbonyl (C=O) groups is 1. The van der Waals surface area contributed by atoms with Crippen LogP contribution in [0.2, 0.25) is 0 Å². The maximum atomic E-state index is 12.7. The normalized spacial score (nSPS) is 14.4. The molecule has 10 heteroatoms. The van der Waals surface area contributed by atoms with Gasteiger partial charge in [-0.25, -0.2) is 8.42 Å². The molecule has 3 rings (SSSR count). The summed E-state index contributed by atoms with van der Waals surface area (Å²) in [6.45, 7) is 0.383. The number of sulfonamides is 1. The van der Waals surface area contributed by atoms with Crippen molar-refractivity contribution < 1.29 is 26.4 Å². The van der Waals surface area contributed by atoms with Crippen molar-refractivity contribution in [2.75, 3.05) is 22.5 Å². The minimum atomic E-state index is -4.48. The number of fused-ring (bicyclic) bond motifs is 1. The summed E-state index contributed by atoms with van der Waals surface area (Å²) in [5.74, 6) is -0.545. The second kappa shape index (κ2) is 7.34. The van der Waals surface area contributed by atoms with Gasteiger partial charge in [-0.15, -0.1) is 0 Å². The molecule has 0 bridgehead atoms. The van der Waals surface area contributed by atoms with Crippen LogP contribution in [0.15, 0.2) is 42.5 Å². The molecule has 1 heterocycles. The first-order chi connectivity index (χ1) is 13.1. The number of rotatable bonds is 4. The fourth-order valence-electron chi connectivity index (χ4n) is 3.02. The van der Waals surface area contributed by atoms with Crippen molar-refractivity contribution in [2.24, 2.45) is 0 Å². The Hall–Kier alpha value is -2.75. The van der Waals surface area contributed by atoms with Crippen LogP contribution in [-0.4, -0.2) is 27.1 Å². The van der Waals surface area contributed by atoms with Crippen molar-refractivity contribution in [1.82, 2.24) is 5.43 Å². The lowest BCUT2D eigenvalue weighted by atomic mass is 10.0. The van der Waals surface area contributed by atoms with E-state index in [4.69, 9.17) is 0 Å². The summed E-state index contributed by atoms with van der Waals surface area (Å²) in [5.41, 5.74) is 5.61. The first kappa shape index (κ1) is 20.0. The van der Waals surface area contributed by atoms with Gasteiger partial charge >= 0.3 is 6.18 Å². The van der Waals surface area contributed by atoms with Crippen LogP contribution in [0.3, 0.4) is 0 Å². The van der Waals surface area contributed by atoms with Crippen molar-refractivity contribution in [3.8, 4) is 0 Å². The highest BCUT2D eigenvalue weighted by molar-refractivity contribution is 7.92. The van der Waals surface area contributed by atoms with Gasteiger partial charge in [0, 0.05) is 12.1 Å². The van der Waals surface area contributed by atoms with E-state index in [0.29, 0.717) is 25.1 Å². The molecule has 0 atom stereocenters. The number of hydrogen-bond acceptors (Lipinski definition) is 4. The number of alkyl halides is 3. The molecule has 2 aromatic rings. The topological polar surface area (TPSA) is 78.5 Å². The van der Waals surface area contributed by atoms with E-state index in [1.165, 1.54) is 22.5 Å². The zero-order valence-corrected chi connectivity index (χ0v) is 15.7. The number of hydrazine groups is 1. The van der Waals surface area contributed by atoms with Gasteiger partial charge in [-0.3, -0.25) is 20.0 Å². The van der Waals surface area contributed by atoms with Crippen molar-refractivity contribution >= 4 is 27.3 Å². The van der Waals surface area contributed by atoms with Gasteiger partial charge in [0.1, 0.15) is 0 Å². The summed E-state index contributed by atoms with van der Waals surface area (Å²) in [6, 6.07) is 9.08. The first-order valence-corrected chi connectivity index (χ1v) is 10.2. The summed E-state index contributed by atoms with van der Waals surface area (Å²) >= 11 is 0. The molecule has 2 aromatic carbocycles. The SMILES string of the molecule is CS(=O)(=O)N1CCCc2cc(C(=O)NNc3cccc(C(F)(F)F)c3)ccc21. The van der Waals surface area contributed by atoms with Crippen LogP contribution in [0.4, 0.5) is 24.5 Å². The Bertz CT molecular complexity index is 1010. The maximum absolute atomic E-state index is 12.7. The summed E-state index contributed by atoms with van der Waals surface area (Å²) < 4.78 is 63.3. The van der Waals surface area contributed by atoms with Gasteiger partial charge in [-0.1, -0.05) is 6.07 Å². The molecular weight excluding hydrogens is 395 g/mol. The zero-order chi connectivity index (χ0) is 20.5. The van der Waals surface area contributed by atoms with Crippen LogP contribution in [-0.2, 0) is 22.6 Å². The molecule has 0 aliphatic carbocycles. The van der Waals surface area contributed by atoms with Crippen LogP contribution in [0.25, 0.3) is 0 Å². The minimum absolute atomic E-state index is 0.0874. The lowest BCUT2D eigenvalue weighted by molar-refractivity contribution is -0.137. The molecule has 0 aromatic heterocycles. The Labute approximate surface area is 160 Å². The lowest BCUT2D eigenvalue weighted by Gasteiger charge is -2.29. The van der Waals surface area contributed by atoms with E-state index in [9.17, 15) is 26.4 Å². The summed E-state index contributed by atoms with van der Waals surface area (Å²) in [4.78, 5) is 12.3. The maximum Gasteiger partial charge on any atom is 0.416 e. The van der Waals surface area contributed by atoms with E-state index in [1.807, 2.05) is 0 Å². The van der Waals surface area contributed by atoms with E-state index < -0.39 is 27.7 Å². The summed E-state index contributed by atoms with van der Waals surface area (Å²) in [5, 5.41) is 0. The molecule has 0 unspecified atom stereocenters. The van der Waals surface area contributed by atoms with E-state index in [1.54, 1.807) is 12.1 Å². The van der Waals surface area contributed by atoms with Crippen molar-refractivity contribution in [3.63, 3.8) is 0 Å². The molecule has 1 aliphatic heterocycles. The molecule has 1 amide bonds. The summed E-state index contributed by atoms with van der Waals surface area (Å²) in [6.07, 6.45) is -2.09. The van der Waals surface area contributed by atoms with E-state index >= 15 is 0 Å². The predicted molar refractivity (Wildman–Crippen MR) is 99.5 cm³/mol. The minimum Gasteiger partial charge on any atom is -0.298 e. The highest BCUT2D eigenvalue weighted by atomic mass is 32.2. The Kier molecular flexibility index (Phi) is 5.24. The third-order valence-corrected chi connectivity index (χ3v) is 5.51. The van der Waals surface area contributed by atoms with Gasteiger partial charge in [-0.05, 0) is 54.8 Å². The van der Waals surface area contributed by atoms with Crippen LogP contribution >= 0.6 is 0 Å². The molecule has 0 saturated heterocycles. The quantitative estimate of drug-likeness (QED) is 0.755. The van der Waals surface area contributed by atoms with Gasteiger partial charge < -0.3 is 0 Å². The molecule has 2 N–H and O–H groups in total. The van der Waals surface area contributed by atoms with E-state index in [2.05, 4.69) is 10.9 Å².